The molecule has 0 saturated carbocycles. The molecule has 0 fully saturated rings. The van der Waals surface area contributed by atoms with Gasteiger partial charge in [-0.2, -0.15) is 4.99 Å². The van der Waals surface area contributed by atoms with Crippen LogP contribution in [0.25, 0.3) is 0 Å². The molecule has 37 heavy (non-hydrogen) atoms. The topological polar surface area (TPSA) is 176 Å². The number of rotatable bonds is 22. The first-order valence-corrected chi connectivity index (χ1v) is 11.2. The van der Waals surface area contributed by atoms with E-state index in [9.17, 15) is 34.2 Å². The Kier molecular flexibility index (Phi) is 15.6. The summed E-state index contributed by atoms with van der Waals surface area (Å²) in [6, 6.07) is 6.25. The standard InChI is InChI=1S/C22H28N4O10S/c27-15-34-12-24(5-6-25(13-35-16-28)14-36-17-29)8-20(26(9-21(30)31)10-22(32)33)7-18-1-3-19(4-2-18)23-11-37/h1-4,15-17,20H,5-10,12-14H2,(H,30,31)(H,32,33). The molecular weight excluding hydrogens is 512 g/mol. The van der Waals surface area contributed by atoms with Gasteiger partial charge in [-0.15, -0.1) is 0 Å². The van der Waals surface area contributed by atoms with Gasteiger partial charge in [0.15, 0.2) is 0 Å². The minimum Gasteiger partial charge on any atom is -0.480 e. The molecule has 0 saturated heterocycles. The van der Waals surface area contributed by atoms with Gasteiger partial charge in [0.25, 0.3) is 19.4 Å². The van der Waals surface area contributed by atoms with Crippen LogP contribution in [0.3, 0.4) is 0 Å². The lowest BCUT2D eigenvalue weighted by atomic mass is 10.0. The second-order valence-corrected chi connectivity index (χ2v) is 7.75. The first-order valence-electron chi connectivity index (χ1n) is 10.8. The van der Waals surface area contributed by atoms with Crippen LogP contribution in [-0.2, 0) is 44.6 Å². The summed E-state index contributed by atoms with van der Waals surface area (Å²) >= 11 is 4.59. The van der Waals surface area contributed by atoms with E-state index in [1.807, 2.05) is 0 Å². The zero-order valence-corrected chi connectivity index (χ0v) is 20.7. The van der Waals surface area contributed by atoms with Gasteiger partial charge in [0.2, 0.25) is 0 Å². The van der Waals surface area contributed by atoms with E-state index in [4.69, 9.17) is 14.2 Å². The fourth-order valence-electron chi connectivity index (χ4n) is 3.37. The average molecular weight is 541 g/mol. The lowest BCUT2D eigenvalue weighted by Gasteiger charge is -2.34. The Morgan fingerprint density at radius 1 is 0.892 bits per heavy atom. The fraction of sp³-hybridized carbons (Fsp3) is 0.455. The molecule has 2 N–H and O–H groups in total. The Morgan fingerprint density at radius 2 is 1.38 bits per heavy atom. The van der Waals surface area contributed by atoms with Crippen LogP contribution in [0.4, 0.5) is 5.69 Å². The van der Waals surface area contributed by atoms with Gasteiger partial charge in [-0.05, 0) is 36.3 Å². The fourth-order valence-corrected chi connectivity index (χ4v) is 3.47. The van der Waals surface area contributed by atoms with Crippen molar-refractivity contribution in [3.05, 3.63) is 29.8 Å². The van der Waals surface area contributed by atoms with E-state index in [1.165, 1.54) is 9.80 Å². The smallest absolute Gasteiger partial charge is 0.317 e. The van der Waals surface area contributed by atoms with Crippen LogP contribution < -0.4 is 0 Å². The van der Waals surface area contributed by atoms with E-state index in [-0.39, 0.29) is 65.7 Å². The number of carbonyl (C=O) groups excluding carboxylic acids is 3. The number of isothiocyanates is 1. The van der Waals surface area contributed by atoms with E-state index in [2.05, 4.69) is 22.4 Å². The summed E-state index contributed by atoms with van der Waals surface area (Å²) in [6.07, 6.45) is 0.256. The van der Waals surface area contributed by atoms with Crippen molar-refractivity contribution in [1.82, 2.24) is 14.7 Å². The second-order valence-electron chi connectivity index (χ2n) is 7.57. The number of carboxylic acid groups (broad SMARTS) is 2. The summed E-state index contributed by atoms with van der Waals surface area (Å²) in [6.45, 7) is -0.424. The summed E-state index contributed by atoms with van der Waals surface area (Å²) in [5, 5.41) is 21.0. The highest BCUT2D eigenvalue weighted by Crippen LogP contribution is 2.16. The molecule has 202 valence electrons. The second kappa shape index (κ2) is 18.5. The number of aliphatic imine (C=N–C) groups is 1. The minimum atomic E-state index is -1.21. The maximum absolute atomic E-state index is 11.5. The summed E-state index contributed by atoms with van der Waals surface area (Å²) in [5.41, 5.74) is 1.34. The number of nitrogens with zero attached hydrogens (tertiary/aromatic N) is 4. The molecule has 0 aliphatic carbocycles. The number of thiocarbonyl (C=S) groups is 1. The predicted octanol–water partition coefficient (Wildman–Crippen LogP) is -0.201. The summed E-state index contributed by atoms with van der Waals surface area (Å²) < 4.78 is 14.3. The van der Waals surface area contributed by atoms with Crippen molar-refractivity contribution < 1.29 is 48.4 Å². The number of hydrogen-bond donors (Lipinski definition) is 2. The zero-order valence-electron chi connectivity index (χ0n) is 19.8. The maximum Gasteiger partial charge on any atom is 0.317 e. The quantitative estimate of drug-likeness (QED) is 0.0650. The van der Waals surface area contributed by atoms with Crippen molar-refractivity contribution in [2.24, 2.45) is 4.99 Å². The van der Waals surface area contributed by atoms with Gasteiger partial charge in [-0.3, -0.25) is 33.8 Å². The summed E-state index contributed by atoms with van der Waals surface area (Å²) in [4.78, 5) is 63.2. The number of carboxylic acids is 2. The first kappa shape index (κ1) is 31.3. The Labute approximate surface area is 218 Å². The average Bonchev–Trinajstić information content (AvgIpc) is 2.86. The largest absolute Gasteiger partial charge is 0.480 e. The number of aliphatic carboxylic acids is 2. The third-order valence-corrected chi connectivity index (χ3v) is 5.04. The Morgan fingerprint density at radius 3 is 1.84 bits per heavy atom. The number of ether oxygens (including phenoxy) is 3. The monoisotopic (exact) mass is 540 g/mol. The van der Waals surface area contributed by atoms with Crippen LogP contribution in [0.1, 0.15) is 5.56 Å². The molecule has 0 aliphatic heterocycles. The molecule has 0 bridgehead atoms. The van der Waals surface area contributed by atoms with E-state index in [0.29, 0.717) is 5.69 Å². The summed E-state index contributed by atoms with van der Waals surface area (Å²) in [7, 11) is 0. The Bertz CT molecular complexity index is 899. The van der Waals surface area contributed by atoms with Gasteiger partial charge in [0.1, 0.15) is 20.2 Å². The molecular formula is C22H28N4O10S. The van der Waals surface area contributed by atoms with Crippen molar-refractivity contribution in [3.8, 4) is 0 Å². The van der Waals surface area contributed by atoms with Crippen molar-refractivity contribution in [2.75, 3.05) is 52.9 Å². The third-order valence-electron chi connectivity index (χ3n) is 4.95. The normalized spacial score (nSPS) is 11.4. The molecule has 1 aromatic rings. The van der Waals surface area contributed by atoms with Crippen LogP contribution in [0.5, 0.6) is 0 Å². The van der Waals surface area contributed by atoms with E-state index in [0.717, 1.165) is 5.56 Å². The van der Waals surface area contributed by atoms with Crippen molar-refractivity contribution in [1.29, 1.82) is 0 Å². The molecule has 0 aliphatic rings. The van der Waals surface area contributed by atoms with E-state index >= 15 is 0 Å². The zero-order chi connectivity index (χ0) is 27.5. The highest BCUT2D eigenvalue weighted by Gasteiger charge is 2.26. The lowest BCUT2D eigenvalue weighted by molar-refractivity contribution is -0.145. The maximum atomic E-state index is 11.5. The van der Waals surface area contributed by atoms with Crippen molar-refractivity contribution >= 4 is 54.4 Å². The molecule has 1 unspecified atom stereocenters. The van der Waals surface area contributed by atoms with E-state index in [1.54, 1.807) is 29.2 Å². The van der Waals surface area contributed by atoms with Crippen molar-refractivity contribution in [2.45, 2.75) is 12.5 Å². The molecule has 0 aromatic heterocycles. The number of carbonyl (C=O) groups is 5. The highest BCUT2D eigenvalue weighted by molar-refractivity contribution is 7.78. The number of benzene rings is 1. The predicted molar refractivity (Wildman–Crippen MR) is 130 cm³/mol. The van der Waals surface area contributed by atoms with Crippen LogP contribution >= 0.6 is 12.2 Å². The first-order chi connectivity index (χ1) is 17.8. The molecule has 1 atom stereocenters. The van der Waals surface area contributed by atoms with E-state index < -0.39 is 31.1 Å². The highest BCUT2D eigenvalue weighted by atomic mass is 32.1. The molecule has 14 nitrogen and oxygen atoms in total. The van der Waals surface area contributed by atoms with Gasteiger partial charge in [-0.25, -0.2) is 4.90 Å². The molecule has 0 amide bonds. The van der Waals surface area contributed by atoms with Crippen molar-refractivity contribution in [3.63, 3.8) is 0 Å². The molecule has 15 heteroatoms. The minimum absolute atomic E-state index is 0.102. The molecule has 0 heterocycles. The summed E-state index contributed by atoms with van der Waals surface area (Å²) in [5.74, 6) is -2.42. The molecule has 1 aromatic carbocycles. The molecule has 0 radical (unpaired) electrons. The molecule has 0 spiro atoms. The van der Waals surface area contributed by atoms with Gasteiger partial charge in [0.05, 0.1) is 23.9 Å². The van der Waals surface area contributed by atoms with Crippen LogP contribution in [-0.4, -0.2) is 120 Å². The molecule has 1 rings (SSSR count). The van der Waals surface area contributed by atoms with Gasteiger partial charge in [0, 0.05) is 25.7 Å². The van der Waals surface area contributed by atoms with Crippen LogP contribution in [0.2, 0.25) is 0 Å². The Balaban J connectivity index is 3.17. The lowest BCUT2D eigenvalue weighted by Crippen LogP contribution is -2.50. The van der Waals surface area contributed by atoms with Gasteiger partial charge >= 0.3 is 11.9 Å². The SMILES string of the molecule is O=COCN(CCN(COC=O)CC(Cc1ccc(N=C=S)cc1)N(CC(=O)O)CC(=O)O)COC=O. The third kappa shape index (κ3) is 13.8. The van der Waals surface area contributed by atoms with Gasteiger partial charge < -0.3 is 24.4 Å². The Hall–Kier alpha value is -3.75. The van der Waals surface area contributed by atoms with Crippen LogP contribution in [0.15, 0.2) is 29.3 Å². The number of hydrogen-bond acceptors (Lipinski definition) is 13. The van der Waals surface area contributed by atoms with Crippen LogP contribution in [0, 0.1) is 0 Å². The van der Waals surface area contributed by atoms with Gasteiger partial charge in [-0.1, -0.05) is 12.1 Å².